The Morgan fingerprint density at radius 1 is 0.967 bits per heavy atom. The topological polar surface area (TPSA) is 34.1 Å². The van der Waals surface area contributed by atoms with Crippen LogP contribution >= 0.6 is 11.6 Å². The van der Waals surface area contributed by atoms with Gasteiger partial charge in [-0.3, -0.25) is 0 Å². The molecule has 0 amide bonds. The maximum atomic E-state index is 14.3. The lowest BCUT2D eigenvalue weighted by Crippen LogP contribution is -2.09. The molecule has 0 bridgehead atoms. The molecule has 0 saturated heterocycles. The Bertz CT molecular complexity index is 1240. The minimum Gasteiger partial charge on any atom is -0.218 e. The monoisotopic (exact) mass is 448 g/mol. The maximum Gasteiger partial charge on any atom is 0.207 e. The van der Waals surface area contributed by atoms with Crippen LogP contribution in [0.15, 0.2) is 83.1 Å². The molecule has 30 heavy (non-hydrogen) atoms. The molecule has 0 aliphatic carbocycles. The summed E-state index contributed by atoms with van der Waals surface area (Å²) in [5.41, 5.74) is 1.07. The van der Waals surface area contributed by atoms with Crippen molar-refractivity contribution in [2.75, 3.05) is 0 Å². The molecule has 0 atom stereocenters. The zero-order chi connectivity index (χ0) is 22.1. The summed E-state index contributed by atoms with van der Waals surface area (Å²) in [4.78, 5) is -0.890. The highest BCUT2D eigenvalue weighted by Gasteiger charge is 2.26. The first-order valence-electron chi connectivity index (χ1n) is 8.74. The molecule has 3 rings (SSSR count). The van der Waals surface area contributed by atoms with Gasteiger partial charge in [0.25, 0.3) is 0 Å². The van der Waals surface area contributed by atoms with E-state index < -0.39 is 32.2 Å². The molecule has 0 saturated carbocycles. The van der Waals surface area contributed by atoms with Crippen molar-refractivity contribution in [1.29, 1.82) is 0 Å². The Labute approximate surface area is 177 Å². The Hall–Kier alpha value is -2.83. The van der Waals surface area contributed by atoms with Gasteiger partial charge < -0.3 is 0 Å². The number of hydrogen-bond acceptors (Lipinski definition) is 2. The summed E-state index contributed by atoms with van der Waals surface area (Å²) < 4.78 is 68.4. The third-order valence-electron chi connectivity index (χ3n) is 4.54. The summed E-state index contributed by atoms with van der Waals surface area (Å²) >= 11 is 5.96. The highest BCUT2D eigenvalue weighted by Crippen LogP contribution is 2.36. The van der Waals surface area contributed by atoms with Gasteiger partial charge in [0, 0.05) is 16.7 Å². The van der Waals surface area contributed by atoms with E-state index in [1.54, 1.807) is 30.3 Å². The van der Waals surface area contributed by atoms with Gasteiger partial charge in [-0.2, -0.15) is 0 Å². The van der Waals surface area contributed by atoms with E-state index in [4.69, 9.17) is 11.6 Å². The number of sulfone groups is 1. The molecule has 0 aliphatic rings. The fourth-order valence-electron chi connectivity index (χ4n) is 3.08. The van der Waals surface area contributed by atoms with Gasteiger partial charge >= 0.3 is 0 Å². The fraction of sp³-hybridized carbons (Fsp3) is 0.0435. The van der Waals surface area contributed by atoms with Crippen LogP contribution in [0.1, 0.15) is 16.7 Å². The van der Waals surface area contributed by atoms with Crippen molar-refractivity contribution in [2.45, 2.75) is 11.8 Å². The highest BCUT2D eigenvalue weighted by molar-refractivity contribution is 7.95. The second kappa shape index (κ2) is 8.50. The minimum absolute atomic E-state index is 0.142. The van der Waals surface area contributed by atoms with E-state index in [1.807, 2.05) is 0 Å². The summed E-state index contributed by atoms with van der Waals surface area (Å²) in [7, 11) is -4.41. The minimum atomic E-state index is -4.41. The lowest BCUT2D eigenvalue weighted by atomic mass is 9.93. The second-order valence-corrected chi connectivity index (χ2v) is 8.83. The zero-order valence-corrected chi connectivity index (χ0v) is 17.4. The summed E-state index contributed by atoms with van der Waals surface area (Å²) in [6.07, 6.45) is 1.08. The molecular formula is C23H16ClF3O2S. The molecule has 0 aliphatic heterocycles. The first-order valence-corrected chi connectivity index (χ1v) is 10.6. The third-order valence-corrected chi connectivity index (χ3v) is 6.60. The summed E-state index contributed by atoms with van der Waals surface area (Å²) in [5, 5.41) is 0.421. The number of allylic oxidation sites excluding steroid dienone is 1. The average Bonchev–Trinajstić information content (AvgIpc) is 2.68. The summed E-state index contributed by atoms with van der Waals surface area (Å²) in [5.74, 6) is -2.60. The van der Waals surface area contributed by atoms with Crippen molar-refractivity contribution >= 4 is 27.0 Å². The van der Waals surface area contributed by atoms with Crippen molar-refractivity contribution in [2.24, 2.45) is 0 Å². The van der Waals surface area contributed by atoms with Crippen LogP contribution in [0.25, 0.3) is 5.57 Å². The van der Waals surface area contributed by atoms with Crippen LogP contribution in [0, 0.1) is 24.4 Å². The molecule has 0 heterocycles. The molecule has 0 N–H and O–H groups in total. The molecule has 154 valence electrons. The SMILES string of the molecule is C=C/C(=C(/c1ccc(Cl)cc1)c1cccc(F)c1C)S(=O)(=O)c1cc(F)cc(F)c1. The maximum absolute atomic E-state index is 14.3. The van der Waals surface area contributed by atoms with Crippen LogP contribution < -0.4 is 0 Å². The normalized spacial score (nSPS) is 12.4. The third kappa shape index (κ3) is 4.20. The molecule has 0 unspecified atom stereocenters. The van der Waals surface area contributed by atoms with Gasteiger partial charge in [-0.05, 0) is 60.0 Å². The van der Waals surface area contributed by atoms with Gasteiger partial charge in [0.05, 0.1) is 9.80 Å². The standard InChI is InChI=1S/C23H16ClF3O2S/c1-3-22(30(28,29)19-12-17(25)11-18(26)13-19)23(15-7-9-16(24)10-8-15)20-5-4-6-21(27)14(20)2/h3-13H,1H2,2H3/b23-22+. The second-order valence-electron chi connectivity index (χ2n) is 6.47. The largest absolute Gasteiger partial charge is 0.218 e. The predicted molar refractivity (Wildman–Crippen MR) is 112 cm³/mol. The first-order chi connectivity index (χ1) is 14.1. The van der Waals surface area contributed by atoms with Crippen molar-refractivity contribution < 1.29 is 21.6 Å². The van der Waals surface area contributed by atoms with Crippen LogP contribution in [-0.4, -0.2) is 8.42 Å². The fourth-order valence-corrected chi connectivity index (χ4v) is 4.71. The van der Waals surface area contributed by atoms with Crippen molar-refractivity contribution in [3.05, 3.63) is 117 Å². The average molecular weight is 449 g/mol. The smallest absolute Gasteiger partial charge is 0.207 e. The van der Waals surface area contributed by atoms with Gasteiger partial charge in [0.2, 0.25) is 9.84 Å². The van der Waals surface area contributed by atoms with E-state index in [0.717, 1.165) is 18.2 Å². The van der Waals surface area contributed by atoms with E-state index in [1.165, 1.54) is 19.1 Å². The lowest BCUT2D eigenvalue weighted by molar-refractivity contribution is 0.569. The molecule has 0 aromatic heterocycles. The molecule has 0 fully saturated rings. The highest BCUT2D eigenvalue weighted by atomic mass is 35.5. The van der Waals surface area contributed by atoms with Gasteiger partial charge in [-0.1, -0.05) is 42.4 Å². The Morgan fingerprint density at radius 3 is 2.13 bits per heavy atom. The number of rotatable bonds is 5. The van der Waals surface area contributed by atoms with Crippen LogP contribution in [0.3, 0.4) is 0 Å². The summed E-state index contributed by atoms with van der Waals surface area (Å²) in [6, 6.07) is 12.5. The van der Waals surface area contributed by atoms with Crippen molar-refractivity contribution in [3.63, 3.8) is 0 Å². The molecule has 7 heteroatoms. The Morgan fingerprint density at radius 2 is 1.57 bits per heavy atom. The summed E-state index contributed by atoms with van der Waals surface area (Å²) in [6.45, 7) is 5.10. The van der Waals surface area contributed by atoms with E-state index in [-0.39, 0.29) is 16.0 Å². The van der Waals surface area contributed by atoms with Crippen LogP contribution in [0.5, 0.6) is 0 Å². The van der Waals surface area contributed by atoms with E-state index >= 15 is 0 Å². The van der Waals surface area contributed by atoms with Gasteiger partial charge in [0.1, 0.15) is 17.5 Å². The number of benzene rings is 3. The van der Waals surface area contributed by atoms with Gasteiger partial charge in [-0.15, -0.1) is 0 Å². The van der Waals surface area contributed by atoms with Crippen molar-refractivity contribution in [1.82, 2.24) is 0 Å². The molecule has 0 spiro atoms. The molecule has 2 nitrogen and oxygen atoms in total. The number of hydrogen-bond donors (Lipinski definition) is 0. The predicted octanol–water partition coefficient (Wildman–Crippen LogP) is 6.49. The van der Waals surface area contributed by atoms with E-state index in [2.05, 4.69) is 6.58 Å². The molecular weight excluding hydrogens is 433 g/mol. The van der Waals surface area contributed by atoms with Gasteiger partial charge in [-0.25, -0.2) is 21.6 Å². The molecule has 0 radical (unpaired) electrons. The Kier molecular flexibility index (Phi) is 6.19. The molecule has 3 aromatic rings. The number of halogens is 4. The van der Waals surface area contributed by atoms with E-state index in [0.29, 0.717) is 22.2 Å². The quantitative estimate of drug-likeness (QED) is 0.418. The first kappa shape index (κ1) is 21.9. The van der Waals surface area contributed by atoms with Crippen molar-refractivity contribution in [3.8, 4) is 0 Å². The van der Waals surface area contributed by atoms with Crippen LogP contribution in [0.2, 0.25) is 5.02 Å². The zero-order valence-electron chi connectivity index (χ0n) is 15.8. The van der Waals surface area contributed by atoms with Gasteiger partial charge in [0.15, 0.2) is 0 Å². The van der Waals surface area contributed by atoms with E-state index in [9.17, 15) is 21.6 Å². The van der Waals surface area contributed by atoms with Crippen LogP contribution in [-0.2, 0) is 9.84 Å². The lowest BCUT2D eigenvalue weighted by Gasteiger charge is -2.17. The van der Waals surface area contributed by atoms with Crippen LogP contribution in [0.4, 0.5) is 13.2 Å². The Balaban J connectivity index is 2.42. The molecule has 3 aromatic carbocycles.